The molecule has 0 aliphatic carbocycles. The molecule has 2 aromatic carbocycles. The summed E-state index contributed by atoms with van der Waals surface area (Å²) in [6.45, 7) is 4.33. The van der Waals surface area contributed by atoms with Crippen molar-refractivity contribution >= 4 is 28.7 Å². The molecular weight excluding hydrogens is 511 g/mol. The Kier molecular flexibility index (Phi) is 10.5. The van der Waals surface area contributed by atoms with Crippen LogP contribution in [0.4, 0.5) is 13.2 Å². The number of carbonyl (C=O) groups excluding carboxylic acids is 3. The summed E-state index contributed by atoms with van der Waals surface area (Å²) in [5.74, 6) is -1.13. The van der Waals surface area contributed by atoms with Crippen molar-refractivity contribution < 1.29 is 32.3 Å². The van der Waals surface area contributed by atoms with Crippen molar-refractivity contribution in [2.24, 2.45) is 0 Å². The number of nitrogens with one attached hydrogen (secondary N) is 1. The van der Waals surface area contributed by atoms with E-state index in [1.807, 2.05) is 37.4 Å². The van der Waals surface area contributed by atoms with Gasteiger partial charge < -0.3 is 19.5 Å². The summed E-state index contributed by atoms with van der Waals surface area (Å²) in [6.07, 6.45) is -1.58. The highest BCUT2D eigenvalue weighted by Gasteiger charge is 2.30. The summed E-state index contributed by atoms with van der Waals surface area (Å²) in [5, 5.41) is 1.03. The third kappa shape index (κ3) is 8.59. The number of alkyl halides is 3. The fraction of sp³-hybridized carbons (Fsp3) is 0.414. The molecule has 0 fully saturated rings. The molecule has 1 heterocycles. The van der Waals surface area contributed by atoms with Crippen molar-refractivity contribution in [2.75, 3.05) is 26.2 Å². The van der Waals surface area contributed by atoms with E-state index in [-0.39, 0.29) is 44.4 Å². The molecule has 0 aliphatic rings. The topological polar surface area (TPSA) is 82.7 Å². The van der Waals surface area contributed by atoms with Gasteiger partial charge in [0.15, 0.2) is 0 Å². The first kappa shape index (κ1) is 29.7. The molecule has 3 rings (SSSR count). The number of aromatic amines is 1. The van der Waals surface area contributed by atoms with Gasteiger partial charge in [-0.25, -0.2) is 0 Å². The van der Waals surface area contributed by atoms with Gasteiger partial charge >= 0.3 is 12.1 Å². The smallest absolute Gasteiger partial charge is 0.416 e. The Balaban J connectivity index is 1.76. The van der Waals surface area contributed by atoms with E-state index in [0.29, 0.717) is 31.5 Å². The molecule has 3 aromatic rings. The zero-order chi connectivity index (χ0) is 28.4. The van der Waals surface area contributed by atoms with Crippen molar-refractivity contribution in [3.63, 3.8) is 0 Å². The molecule has 0 radical (unpaired) electrons. The zero-order valence-electron chi connectivity index (χ0n) is 22.2. The first-order valence-electron chi connectivity index (χ1n) is 13.0. The lowest BCUT2D eigenvalue weighted by Crippen LogP contribution is -2.43. The summed E-state index contributed by atoms with van der Waals surface area (Å²) in [4.78, 5) is 44.2. The Morgan fingerprint density at radius 2 is 1.62 bits per heavy atom. The molecule has 0 unspecified atom stereocenters. The van der Waals surface area contributed by atoms with Crippen LogP contribution in [0.25, 0.3) is 10.9 Å². The van der Waals surface area contributed by atoms with Gasteiger partial charge in [-0.1, -0.05) is 37.3 Å². The lowest BCUT2D eigenvalue weighted by molar-refractivity contribution is -0.146. The predicted molar refractivity (Wildman–Crippen MR) is 142 cm³/mol. The van der Waals surface area contributed by atoms with Crippen LogP contribution in [-0.2, 0) is 38.3 Å². The number of esters is 1. The van der Waals surface area contributed by atoms with Gasteiger partial charge in [0.05, 0.1) is 25.1 Å². The predicted octanol–water partition coefficient (Wildman–Crippen LogP) is 5.34. The molecule has 10 heteroatoms. The van der Waals surface area contributed by atoms with Gasteiger partial charge in [0, 0.05) is 43.2 Å². The Bertz CT molecular complexity index is 1250. The summed E-state index contributed by atoms with van der Waals surface area (Å²) >= 11 is 0. The van der Waals surface area contributed by atoms with Crippen LogP contribution in [0.2, 0.25) is 0 Å². The molecule has 0 saturated heterocycles. The number of nitrogens with zero attached hydrogens (tertiary/aromatic N) is 2. The second kappa shape index (κ2) is 13.8. The number of benzene rings is 2. The largest absolute Gasteiger partial charge is 0.466 e. The van der Waals surface area contributed by atoms with E-state index in [4.69, 9.17) is 4.74 Å². The van der Waals surface area contributed by atoms with Crippen LogP contribution in [0, 0.1) is 0 Å². The number of aromatic nitrogens is 1. The van der Waals surface area contributed by atoms with E-state index in [9.17, 15) is 27.6 Å². The SMILES string of the molecule is CCCN(CC(=O)N(CCc1c[nH]c2ccccc12)Cc1ccc(C(F)(F)F)cc1)C(=O)CCC(=O)OCC. The minimum atomic E-state index is -4.45. The van der Waals surface area contributed by atoms with E-state index in [1.165, 1.54) is 17.0 Å². The number of hydrogen-bond acceptors (Lipinski definition) is 4. The first-order chi connectivity index (χ1) is 18.6. The van der Waals surface area contributed by atoms with E-state index in [1.54, 1.807) is 11.8 Å². The molecule has 2 amide bonds. The molecule has 0 saturated carbocycles. The molecule has 0 aliphatic heterocycles. The minimum absolute atomic E-state index is 0.0691. The Labute approximate surface area is 225 Å². The van der Waals surface area contributed by atoms with Crippen molar-refractivity contribution in [2.45, 2.75) is 52.3 Å². The third-order valence-electron chi connectivity index (χ3n) is 6.35. The minimum Gasteiger partial charge on any atom is -0.466 e. The number of halogens is 3. The van der Waals surface area contributed by atoms with E-state index < -0.39 is 17.7 Å². The van der Waals surface area contributed by atoms with Gasteiger partial charge in [-0.05, 0) is 49.1 Å². The van der Waals surface area contributed by atoms with Crippen LogP contribution in [0.1, 0.15) is 49.8 Å². The zero-order valence-corrected chi connectivity index (χ0v) is 22.2. The number of amides is 2. The highest BCUT2D eigenvalue weighted by molar-refractivity contribution is 5.87. The van der Waals surface area contributed by atoms with Gasteiger partial charge in [-0.15, -0.1) is 0 Å². The van der Waals surface area contributed by atoms with Gasteiger partial charge in [-0.2, -0.15) is 13.2 Å². The fourth-order valence-electron chi connectivity index (χ4n) is 4.33. The summed E-state index contributed by atoms with van der Waals surface area (Å²) in [7, 11) is 0. The molecule has 1 aromatic heterocycles. The molecule has 0 spiro atoms. The Hall–Kier alpha value is -3.82. The van der Waals surface area contributed by atoms with Crippen molar-refractivity contribution in [3.8, 4) is 0 Å². The van der Waals surface area contributed by atoms with Crippen molar-refractivity contribution in [1.82, 2.24) is 14.8 Å². The maximum absolute atomic E-state index is 13.5. The first-order valence-corrected chi connectivity index (χ1v) is 13.0. The maximum Gasteiger partial charge on any atom is 0.416 e. The van der Waals surface area contributed by atoms with Gasteiger partial charge in [0.1, 0.15) is 0 Å². The van der Waals surface area contributed by atoms with Crippen LogP contribution in [0.5, 0.6) is 0 Å². The number of hydrogen-bond donors (Lipinski definition) is 1. The molecule has 210 valence electrons. The normalized spacial score (nSPS) is 11.4. The average molecular weight is 546 g/mol. The third-order valence-corrected chi connectivity index (χ3v) is 6.35. The number of fused-ring (bicyclic) bond motifs is 1. The lowest BCUT2D eigenvalue weighted by atomic mass is 10.1. The van der Waals surface area contributed by atoms with Crippen molar-refractivity contribution in [1.29, 1.82) is 0 Å². The molecule has 0 bridgehead atoms. The van der Waals surface area contributed by atoms with Crippen molar-refractivity contribution in [3.05, 3.63) is 71.4 Å². The fourth-order valence-corrected chi connectivity index (χ4v) is 4.33. The Morgan fingerprint density at radius 3 is 2.28 bits per heavy atom. The van der Waals surface area contributed by atoms with Crippen LogP contribution < -0.4 is 0 Å². The highest BCUT2D eigenvalue weighted by Crippen LogP contribution is 2.29. The average Bonchev–Trinajstić information content (AvgIpc) is 3.32. The highest BCUT2D eigenvalue weighted by atomic mass is 19.4. The van der Waals surface area contributed by atoms with Crippen LogP contribution >= 0.6 is 0 Å². The number of para-hydroxylation sites is 1. The number of H-pyrrole nitrogens is 1. The second-order valence-electron chi connectivity index (χ2n) is 9.24. The monoisotopic (exact) mass is 545 g/mol. The second-order valence-corrected chi connectivity index (χ2v) is 9.24. The number of ether oxygens (including phenoxy) is 1. The molecular formula is C29H34F3N3O4. The molecule has 1 N–H and O–H groups in total. The molecule has 39 heavy (non-hydrogen) atoms. The summed E-state index contributed by atoms with van der Waals surface area (Å²) in [5.41, 5.74) is 1.76. The summed E-state index contributed by atoms with van der Waals surface area (Å²) < 4.78 is 44.0. The van der Waals surface area contributed by atoms with Gasteiger partial charge in [0.2, 0.25) is 11.8 Å². The van der Waals surface area contributed by atoms with E-state index >= 15 is 0 Å². The van der Waals surface area contributed by atoms with E-state index in [0.717, 1.165) is 28.6 Å². The van der Waals surface area contributed by atoms with Crippen LogP contribution in [0.15, 0.2) is 54.7 Å². The maximum atomic E-state index is 13.5. The molecule has 7 nitrogen and oxygen atoms in total. The summed E-state index contributed by atoms with van der Waals surface area (Å²) in [6, 6.07) is 12.5. The van der Waals surface area contributed by atoms with Gasteiger partial charge in [-0.3, -0.25) is 14.4 Å². The standard InChI is InChI=1S/C29H34F3N3O4/c1-3-16-34(26(36)13-14-28(38)39-4-2)20-27(37)35(19-21-9-11-23(12-10-21)29(30,31)32)17-15-22-18-33-25-8-6-5-7-24(22)25/h5-12,18,33H,3-4,13-17,19-20H2,1-2H3. The molecule has 0 atom stereocenters. The Morgan fingerprint density at radius 1 is 0.897 bits per heavy atom. The van der Waals surface area contributed by atoms with E-state index in [2.05, 4.69) is 4.98 Å². The quantitative estimate of drug-likeness (QED) is 0.294. The van der Waals surface area contributed by atoms with Crippen LogP contribution in [-0.4, -0.2) is 58.8 Å². The van der Waals surface area contributed by atoms with Gasteiger partial charge in [0.25, 0.3) is 0 Å². The lowest BCUT2D eigenvalue weighted by Gasteiger charge is -2.28. The number of rotatable bonds is 13. The van der Waals surface area contributed by atoms with Crippen LogP contribution in [0.3, 0.4) is 0 Å². The number of carbonyl (C=O) groups is 3.